The number of amidine groups is 1. The number of hydrogen-bond acceptors (Lipinski definition) is 10. The van der Waals surface area contributed by atoms with E-state index in [9.17, 15) is 28.7 Å². The molecule has 240 valence electrons. The number of ether oxygens (including phenoxy) is 1. The number of amides is 2. The first-order chi connectivity index (χ1) is 21.2. The molecule has 2 fully saturated rings. The van der Waals surface area contributed by atoms with Crippen LogP contribution in [0.15, 0.2) is 46.0 Å². The molecule has 0 aliphatic carbocycles. The zero-order valence-electron chi connectivity index (χ0n) is 25.0. The number of nitrogens with zero attached hydrogens (tertiary/aromatic N) is 4. The van der Waals surface area contributed by atoms with Crippen LogP contribution in [0.25, 0.3) is 0 Å². The molecule has 1 aromatic carbocycles. The highest BCUT2D eigenvalue weighted by Gasteiger charge is 2.63. The van der Waals surface area contributed by atoms with Crippen molar-refractivity contribution in [1.29, 1.82) is 0 Å². The zero-order valence-corrected chi connectivity index (χ0v) is 25.8. The molecule has 0 radical (unpaired) electrons. The number of imide groups is 1. The van der Waals surface area contributed by atoms with Gasteiger partial charge in [-0.1, -0.05) is 12.1 Å². The van der Waals surface area contributed by atoms with E-state index < -0.39 is 78.4 Å². The highest BCUT2D eigenvalue weighted by atomic mass is 32.1. The minimum Gasteiger partial charge on any atom is -0.481 e. The third kappa shape index (κ3) is 5.98. The number of likely N-dealkylation sites (tertiary alicyclic amines) is 2. The van der Waals surface area contributed by atoms with Crippen molar-refractivity contribution in [3.8, 4) is 0 Å². The molecule has 3 aliphatic rings. The number of halogens is 3. The lowest BCUT2D eigenvalue weighted by molar-refractivity contribution is -0.154. The zero-order chi connectivity index (χ0) is 32.8. The number of thiazole rings is 1. The number of carbonyl (C=O) groups excluding carboxylic acids is 3. The van der Waals surface area contributed by atoms with Crippen LogP contribution in [0, 0.1) is 24.1 Å². The second-order valence-corrected chi connectivity index (χ2v) is 12.7. The molecular formula is C30H32F3N5O6S. The van der Waals surface area contributed by atoms with Gasteiger partial charge in [0.05, 0.1) is 30.1 Å². The summed E-state index contributed by atoms with van der Waals surface area (Å²) in [7, 11) is 0. The van der Waals surface area contributed by atoms with Crippen LogP contribution in [0.4, 0.5) is 13.2 Å². The molecule has 3 atom stereocenters. The van der Waals surface area contributed by atoms with Gasteiger partial charge in [-0.05, 0) is 44.9 Å². The normalized spacial score (nSPS) is 23.1. The average molecular weight is 648 g/mol. The second-order valence-electron chi connectivity index (χ2n) is 11.8. The van der Waals surface area contributed by atoms with Gasteiger partial charge in [0.15, 0.2) is 10.8 Å². The largest absolute Gasteiger partial charge is 0.481 e. The Morgan fingerprint density at radius 3 is 2.64 bits per heavy atom. The molecule has 1 aromatic heterocycles. The van der Waals surface area contributed by atoms with Crippen LogP contribution in [0.1, 0.15) is 49.4 Å². The Balaban J connectivity index is 1.55. The molecule has 45 heavy (non-hydrogen) atoms. The summed E-state index contributed by atoms with van der Waals surface area (Å²) in [5, 5.41) is 14.6. The lowest BCUT2D eigenvalue weighted by atomic mass is 9.89. The summed E-state index contributed by atoms with van der Waals surface area (Å²) in [5.74, 6) is -9.05. The number of benzene rings is 1. The number of hydrogen-bond donors (Lipinski definition) is 2. The lowest BCUT2D eigenvalue weighted by Crippen LogP contribution is -2.47. The smallest absolute Gasteiger partial charge is 0.338 e. The Kier molecular flexibility index (Phi) is 8.61. The first-order valence-corrected chi connectivity index (χ1v) is 15.1. The molecule has 11 nitrogen and oxygen atoms in total. The van der Waals surface area contributed by atoms with Crippen molar-refractivity contribution in [2.45, 2.75) is 52.1 Å². The summed E-state index contributed by atoms with van der Waals surface area (Å²) in [6, 6.07) is 1.83. The number of esters is 1. The number of aliphatic carboxylic acids is 1. The highest BCUT2D eigenvalue weighted by Crippen LogP contribution is 2.44. The fraction of sp³-hybridized carbons (Fsp3) is 0.467. The first-order valence-electron chi connectivity index (χ1n) is 14.3. The van der Waals surface area contributed by atoms with E-state index in [1.165, 1.54) is 55.3 Å². The number of carbonyl (C=O) groups is 4. The topological polar surface area (TPSA) is 142 Å². The number of aliphatic imine (C=N–C) groups is 1. The minimum absolute atomic E-state index is 0.0117. The third-order valence-electron chi connectivity index (χ3n) is 8.32. The first kappa shape index (κ1) is 32.3. The van der Waals surface area contributed by atoms with Gasteiger partial charge in [0.25, 0.3) is 5.92 Å². The van der Waals surface area contributed by atoms with Gasteiger partial charge >= 0.3 is 11.9 Å². The van der Waals surface area contributed by atoms with Crippen LogP contribution in [0.3, 0.4) is 0 Å². The van der Waals surface area contributed by atoms with Gasteiger partial charge in [0.2, 0.25) is 11.8 Å². The van der Waals surface area contributed by atoms with Crippen molar-refractivity contribution >= 4 is 40.9 Å². The van der Waals surface area contributed by atoms with Crippen LogP contribution in [0.2, 0.25) is 0 Å². The van der Waals surface area contributed by atoms with Gasteiger partial charge in [-0.25, -0.2) is 22.9 Å². The van der Waals surface area contributed by atoms with Crippen LogP contribution in [-0.2, 0) is 23.9 Å². The molecular weight excluding hydrogens is 615 g/mol. The molecule has 0 saturated carbocycles. The fourth-order valence-corrected chi connectivity index (χ4v) is 6.46. The van der Waals surface area contributed by atoms with E-state index in [4.69, 9.17) is 9.73 Å². The van der Waals surface area contributed by atoms with Crippen LogP contribution in [0.5, 0.6) is 0 Å². The summed E-state index contributed by atoms with van der Waals surface area (Å²) in [6.45, 7) is 3.96. The van der Waals surface area contributed by atoms with Crippen molar-refractivity contribution in [3.05, 3.63) is 63.0 Å². The Morgan fingerprint density at radius 1 is 1.27 bits per heavy atom. The van der Waals surface area contributed by atoms with E-state index in [-0.39, 0.29) is 35.8 Å². The molecule has 2 saturated heterocycles. The van der Waals surface area contributed by atoms with E-state index in [0.29, 0.717) is 15.5 Å². The highest BCUT2D eigenvalue weighted by molar-refractivity contribution is 7.11. The summed E-state index contributed by atoms with van der Waals surface area (Å²) in [4.78, 5) is 62.5. The quantitative estimate of drug-likeness (QED) is 0.392. The molecule has 3 aliphatic heterocycles. The van der Waals surface area contributed by atoms with Crippen molar-refractivity contribution in [1.82, 2.24) is 20.1 Å². The Bertz CT molecular complexity index is 1610. The van der Waals surface area contributed by atoms with Crippen LogP contribution in [-0.4, -0.2) is 87.7 Å². The Hall–Kier alpha value is -4.11. The number of alkyl halides is 2. The number of nitrogens with one attached hydrogen (secondary N) is 1. The Labute approximate surface area is 260 Å². The van der Waals surface area contributed by atoms with Crippen molar-refractivity contribution in [2.24, 2.45) is 16.3 Å². The maximum Gasteiger partial charge on any atom is 0.338 e. The van der Waals surface area contributed by atoms with Crippen molar-refractivity contribution < 1.29 is 42.2 Å². The Morgan fingerprint density at radius 2 is 2.00 bits per heavy atom. The summed E-state index contributed by atoms with van der Waals surface area (Å²) < 4.78 is 51.0. The van der Waals surface area contributed by atoms with E-state index in [1.807, 2.05) is 0 Å². The predicted octanol–water partition coefficient (Wildman–Crippen LogP) is 3.30. The molecule has 2 N–H and O–H groups in total. The van der Waals surface area contributed by atoms with E-state index >= 15 is 8.78 Å². The predicted molar refractivity (Wildman–Crippen MR) is 156 cm³/mol. The SMILES string of the molecule is CCOC(=O)C1=C(CN2CC(F)(F)C3CN(C(=O)CC(C)(C)C(=O)O)C(=O)C32)NC(c2nccs2)=NC1c1cccc(F)c1C. The van der Waals surface area contributed by atoms with Crippen LogP contribution < -0.4 is 5.32 Å². The van der Waals surface area contributed by atoms with Gasteiger partial charge in [-0.3, -0.25) is 29.2 Å². The van der Waals surface area contributed by atoms with Gasteiger partial charge in [0, 0.05) is 36.8 Å². The standard InChI is InChI=1S/C30H32F3N5O6S/c1-5-44-27(41)21-19(35-24(25-34-9-10-45-25)36-22(21)16-7-6-8-18(31)15(16)2)13-37-14-30(32,33)17-12-38(26(40)23(17)37)20(39)11-29(3,4)28(42)43/h6-10,17,22-23H,5,11-14H2,1-4H3,(H,35,36)(H,42,43). The minimum atomic E-state index is -3.39. The number of aromatic nitrogens is 1. The number of rotatable bonds is 9. The molecule has 5 rings (SSSR count). The lowest BCUT2D eigenvalue weighted by Gasteiger charge is -2.31. The summed E-state index contributed by atoms with van der Waals surface area (Å²) >= 11 is 1.23. The molecule has 0 bridgehead atoms. The number of fused-ring (bicyclic) bond motifs is 1. The average Bonchev–Trinajstić information content (AvgIpc) is 3.67. The third-order valence-corrected chi connectivity index (χ3v) is 9.10. The molecule has 0 spiro atoms. The summed E-state index contributed by atoms with van der Waals surface area (Å²) in [6.07, 6.45) is 0.984. The van der Waals surface area contributed by atoms with Gasteiger partial charge in [-0.15, -0.1) is 11.3 Å². The van der Waals surface area contributed by atoms with E-state index in [1.54, 1.807) is 18.4 Å². The number of carboxylic acids is 1. The molecule has 15 heteroatoms. The monoisotopic (exact) mass is 647 g/mol. The molecule has 2 aromatic rings. The maximum atomic E-state index is 15.5. The van der Waals surface area contributed by atoms with Gasteiger partial charge < -0.3 is 15.2 Å². The van der Waals surface area contributed by atoms with E-state index in [2.05, 4.69) is 10.3 Å². The van der Waals surface area contributed by atoms with E-state index in [0.717, 1.165) is 0 Å². The number of carboxylic acid groups (broad SMARTS) is 1. The maximum absolute atomic E-state index is 15.5. The van der Waals surface area contributed by atoms with Gasteiger partial charge in [-0.2, -0.15) is 0 Å². The fourth-order valence-electron chi connectivity index (χ4n) is 5.88. The van der Waals surface area contributed by atoms with Crippen LogP contribution >= 0.6 is 11.3 Å². The molecule has 2 amide bonds. The second kappa shape index (κ2) is 12.0. The molecule has 4 heterocycles. The van der Waals surface area contributed by atoms with Crippen molar-refractivity contribution in [3.63, 3.8) is 0 Å². The van der Waals surface area contributed by atoms with Crippen molar-refractivity contribution in [2.75, 3.05) is 26.2 Å². The van der Waals surface area contributed by atoms with Gasteiger partial charge in [0.1, 0.15) is 17.9 Å². The summed E-state index contributed by atoms with van der Waals surface area (Å²) in [5.41, 5.74) is -0.865. The molecule has 3 unspecified atom stereocenters.